The van der Waals surface area contributed by atoms with Gasteiger partial charge in [0.1, 0.15) is 0 Å². The molecule has 0 atom stereocenters. The molecule has 0 unspecified atom stereocenters. The molecule has 112 valence electrons. The number of rotatable bonds is 3. The lowest BCUT2D eigenvalue weighted by atomic mass is 9.85. The second kappa shape index (κ2) is 5.76. The third-order valence-electron chi connectivity index (χ3n) is 3.75. The van der Waals surface area contributed by atoms with E-state index in [-0.39, 0.29) is 11.3 Å². The van der Waals surface area contributed by atoms with Crippen molar-refractivity contribution >= 4 is 27.4 Å². The van der Waals surface area contributed by atoms with Gasteiger partial charge in [-0.1, -0.05) is 22.0 Å². The zero-order valence-electron chi connectivity index (χ0n) is 12.6. The van der Waals surface area contributed by atoms with Gasteiger partial charge in [0.25, 0.3) is 0 Å². The van der Waals surface area contributed by atoms with E-state index in [0.29, 0.717) is 12.0 Å². The normalized spacial score (nSPS) is 15.9. The van der Waals surface area contributed by atoms with Crippen LogP contribution in [0.25, 0.3) is 0 Å². The zero-order chi connectivity index (χ0) is 15.7. The van der Waals surface area contributed by atoms with Crippen molar-refractivity contribution < 1.29 is 4.79 Å². The number of pyridine rings is 1. The molecule has 0 bridgehead atoms. The van der Waals surface area contributed by atoms with Crippen molar-refractivity contribution in [3.63, 3.8) is 0 Å². The SMILES string of the molecule is CC1(C)Cc2cc(Br)ccc2C(CC(=O)c2cccnc2)=N1. The lowest BCUT2D eigenvalue weighted by Crippen LogP contribution is -2.30. The Bertz CT molecular complexity index is 751. The Labute approximate surface area is 138 Å². The van der Waals surface area contributed by atoms with Crippen molar-refractivity contribution in [3.8, 4) is 0 Å². The van der Waals surface area contributed by atoms with Gasteiger partial charge in [-0.2, -0.15) is 0 Å². The molecule has 0 N–H and O–H groups in total. The summed E-state index contributed by atoms with van der Waals surface area (Å²) < 4.78 is 1.06. The van der Waals surface area contributed by atoms with E-state index < -0.39 is 0 Å². The number of ketones is 1. The molecular weight excluding hydrogens is 340 g/mol. The van der Waals surface area contributed by atoms with Gasteiger partial charge in [-0.3, -0.25) is 14.8 Å². The molecule has 0 saturated heterocycles. The second-order valence-corrected chi connectivity index (χ2v) is 7.11. The maximum absolute atomic E-state index is 12.5. The number of aliphatic imine (C=N–C) groups is 1. The first-order valence-corrected chi connectivity index (χ1v) is 8.05. The summed E-state index contributed by atoms with van der Waals surface area (Å²) in [6.07, 6.45) is 4.47. The Kier molecular flexibility index (Phi) is 3.96. The number of carbonyl (C=O) groups is 1. The van der Waals surface area contributed by atoms with Crippen molar-refractivity contribution in [2.75, 3.05) is 0 Å². The van der Waals surface area contributed by atoms with Crippen molar-refractivity contribution in [1.82, 2.24) is 4.98 Å². The van der Waals surface area contributed by atoms with Crippen molar-refractivity contribution in [2.45, 2.75) is 32.2 Å². The van der Waals surface area contributed by atoms with Crippen LogP contribution >= 0.6 is 15.9 Å². The van der Waals surface area contributed by atoms with Crippen LogP contribution < -0.4 is 0 Å². The van der Waals surface area contributed by atoms with E-state index in [9.17, 15) is 4.79 Å². The minimum absolute atomic E-state index is 0.0541. The number of hydrogen-bond acceptors (Lipinski definition) is 3. The maximum Gasteiger partial charge on any atom is 0.170 e. The fourth-order valence-corrected chi connectivity index (χ4v) is 3.25. The number of fused-ring (bicyclic) bond motifs is 1. The highest BCUT2D eigenvalue weighted by atomic mass is 79.9. The summed E-state index contributed by atoms with van der Waals surface area (Å²) in [6.45, 7) is 4.21. The molecule has 1 aliphatic rings. The van der Waals surface area contributed by atoms with Crippen LogP contribution in [0.3, 0.4) is 0 Å². The molecule has 1 aromatic heterocycles. The van der Waals surface area contributed by atoms with Gasteiger partial charge in [0.2, 0.25) is 0 Å². The van der Waals surface area contributed by atoms with Crippen LogP contribution in [0.4, 0.5) is 0 Å². The molecule has 3 rings (SSSR count). The average Bonchev–Trinajstić information content (AvgIpc) is 2.46. The molecule has 2 aromatic rings. The van der Waals surface area contributed by atoms with Crippen LogP contribution in [0.1, 0.15) is 41.8 Å². The van der Waals surface area contributed by atoms with E-state index in [4.69, 9.17) is 4.99 Å². The Morgan fingerprint density at radius 1 is 1.32 bits per heavy atom. The molecule has 22 heavy (non-hydrogen) atoms. The summed E-state index contributed by atoms with van der Waals surface area (Å²) in [4.78, 5) is 21.3. The van der Waals surface area contributed by atoms with E-state index in [1.807, 2.05) is 12.1 Å². The highest BCUT2D eigenvalue weighted by Gasteiger charge is 2.27. The van der Waals surface area contributed by atoms with Gasteiger partial charge in [0.15, 0.2) is 5.78 Å². The van der Waals surface area contributed by atoms with Crippen LogP contribution in [0.15, 0.2) is 52.2 Å². The smallest absolute Gasteiger partial charge is 0.170 e. The first-order valence-electron chi connectivity index (χ1n) is 7.25. The summed E-state index contributed by atoms with van der Waals surface area (Å²) in [7, 11) is 0. The predicted octanol–water partition coefficient (Wildman–Crippen LogP) is 4.24. The molecular formula is C18H17BrN2O. The van der Waals surface area contributed by atoms with Gasteiger partial charge in [-0.25, -0.2) is 0 Å². The van der Waals surface area contributed by atoms with Crippen LogP contribution in [0.5, 0.6) is 0 Å². The van der Waals surface area contributed by atoms with Gasteiger partial charge >= 0.3 is 0 Å². The Morgan fingerprint density at radius 2 is 2.14 bits per heavy atom. The molecule has 4 heteroatoms. The third-order valence-corrected chi connectivity index (χ3v) is 4.24. The van der Waals surface area contributed by atoms with Crippen molar-refractivity contribution in [3.05, 3.63) is 63.9 Å². The fraction of sp³-hybridized carbons (Fsp3) is 0.278. The van der Waals surface area contributed by atoms with E-state index in [0.717, 1.165) is 22.2 Å². The number of Topliss-reactive ketones (excluding diaryl/α,β-unsaturated/α-hetero) is 1. The van der Waals surface area contributed by atoms with Crippen LogP contribution in [-0.2, 0) is 6.42 Å². The van der Waals surface area contributed by atoms with Crippen LogP contribution in [-0.4, -0.2) is 22.0 Å². The largest absolute Gasteiger partial charge is 0.294 e. The number of aromatic nitrogens is 1. The molecule has 0 amide bonds. The molecule has 1 aromatic carbocycles. The minimum atomic E-state index is -0.182. The number of hydrogen-bond donors (Lipinski definition) is 0. The van der Waals surface area contributed by atoms with E-state index >= 15 is 0 Å². The monoisotopic (exact) mass is 356 g/mol. The number of benzene rings is 1. The zero-order valence-corrected chi connectivity index (χ0v) is 14.2. The first-order chi connectivity index (χ1) is 10.4. The minimum Gasteiger partial charge on any atom is -0.294 e. The highest BCUT2D eigenvalue weighted by Crippen LogP contribution is 2.30. The average molecular weight is 357 g/mol. The first kappa shape index (κ1) is 15.1. The molecule has 3 nitrogen and oxygen atoms in total. The van der Waals surface area contributed by atoms with Crippen LogP contribution in [0, 0.1) is 0 Å². The van der Waals surface area contributed by atoms with Gasteiger partial charge < -0.3 is 0 Å². The Hall–Kier alpha value is -1.81. The third kappa shape index (κ3) is 3.17. The lowest BCUT2D eigenvalue weighted by Gasteiger charge is -2.29. The molecule has 0 fully saturated rings. The maximum atomic E-state index is 12.5. The standard InChI is InChI=1S/C18H17BrN2O/c1-18(2)10-13-8-14(19)5-6-15(13)16(21-18)9-17(22)12-4-3-7-20-11-12/h3-8,11H,9-10H2,1-2H3. The molecule has 0 spiro atoms. The molecule has 0 aliphatic carbocycles. The van der Waals surface area contributed by atoms with Gasteiger partial charge in [0.05, 0.1) is 17.7 Å². The van der Waals surface area contributed by atoms with Crippen molar-refractivity contribution in [1.29, 1.82) is 0 Å². The topological polar surface area (TPSA) is 42.3 Å². The highest BCUT2D eigenvalue weighted by molar-refractivity contribution is 9.10. The number of halogens is 1. The Balaban J connectivity index is 1.95. The molecule has 0 radical (unpaired) electrons. The molecule has 2 heterocycles. The van der Waals surface area contributed by atoms with Crippen molar-refractivity contribution in [2.24, 2.45) is 4.99 Å². The Morgan fingerprint density at radius 3 is 2.86 bits per heavy atom. The van der Waals surface area contributed by atoms with E-state index in [1.165, 1.54) is 5.56 Å². The summed E-state index contributed by atoms with van der Waals surface area (Å²) in [5, 5.41) is 0. The number of nitrogens with zero attached hydrogens (tertiary/aromatic N) is 2. The summed E-state index contributed by atoms with van der Waals surface area (Å²) in [5.74, 6) is 0.0541. The van der Waals surface area contributed by atoms with Gasteiger partial charge in [-0.15, -0.1) is 0 Å². The molecule has 0 saturated carbocycles. The summed E-state index contributed by atoms with van der Waals surface area (Å²) in [6, 6.07) is 9.75. The number of carbonyl (C=O) groups excluding carboxylic acids is 1. The van der Waals surface area contributed by atoms with E-state index in [2.05, 4.69) is 40.8 Å². The van der Waals surface area contributed by atoms with Gasteiger partial charge in [-0.05, 0) is 55.7 Å². The quantitative estimate of drug-likeness (QED) is 0.771. The van der Waals surface area contributed by atoms with Crippen LogP contribution in [0.2, 0.25) is 0 Å². The summed E-state index contributed by atoms with van der Waals surface area (Å²) in [5.41, 5.74) is 3.64. The lowest BCUT2D eigenvalue weighted by molar-refractivity contribution is 0.1000. The fourth-order valence-electron chi connectivity index (χ4n) is 2.84. The second-order valence-electron chi connectivity index (χ2n) is 6.19. The van der Waals surface area contributed by atoms with E-state index in [1.54, 1.807) is 24.5 Å². The molecule has 1 aliphatic heterocycles. The predicted molar refractivity (Wildman–Crippen MR) is 91.6 cm³/mol. The summed E-state index contributed by atoms with van der Waals surface area (Å²) >= 11 is 3.52. The van der Waals surface area contributed by atoms with Gasteiger partial charge in [0, 0.05) is 22.4 Å².